The monoisotopic (exact) mass is 758 g/mol. The number of amides is 5. The smallest absolute Gasteiger partial charge is 0.326 e. The highest BCUT2D eigenvalue weighted by molar-refractivity contribution is 7.80. The molecule has 52 heavy (non-hydrogen) atoms. The van der Waals surface area contributed by atoms with E-state index in [-0.39, 0.29) is 75.8 Å². The minimum atomic E-state index is -1.24. The maximum absolute atomic E-state index is 13.6. The summed E-state index contributed by atoms with van der Waals surface area (Å²) in [5, 5.41) is 22.8. The van der Waals surface area contributed by atoms with Gasteiger partial charge < -0.3 is 66.1 Å². The number of hydrogen-bond acceptors (Lipinski definition) is 12. The Morgan fingerprint density at radius 1 is 0.635 bits per heavy atom. The number of carboxylic acids is 1. The number of rotatable bonds is 26. The van der Waals surface area contributed by atoms with Crippen molar-refractivity contribution in [3.05, 3.63) is 0 Å². The van der Waals surface area contributed by atoms with Crippen molar-refractivity contribution in [3.8, 4) is 0 Å². The van der Waals surface area contributed by atoms with Crippen molar-refractivity contribution in [3.63, 3.8) is 0 Å². The van der Waals surface area contributed by atoms with E-state index in [1.807, 2.05) is 0 Å². The topological polar surface area (TPSA) is 351 Å². The number of guanidine groups is 1. The van der Waals surface area contributed by atoms with Crippen LogP contribution in [0.1, 0.15) is 83.5 Å². The predicted octanol–water partition coefficient (Wildman–Crippen LogP) is -3.40. The summed E-state index contributed by atoms with van der Waals surface area (Å²) in [6.07, 6.45) is 6.88. The Labute approximate surface area is 311 Å². The molecule has 0 radical (unpaired) electrons. The first-order valence-electron chi connectivity index (χ1n) is 18.0. The summed E-state index contributed by atoms with van der Waals surface area (Å²) >= 11 is 4.21. The highest BCUT2D eigenvalue weighted by Crippen LogP contribution is 2.27. The van der Waals surface area contributed by atoms with Crippen molar-refractivity contribution in [2.45, 2.75) is 120 Å². The van der Waals surface area contributed by atoms with Crippen LogP contribution in [0.2, 0.25) is 0 Å². The number of nitrogens with zero attached hydrogens (tertiary/aromatic N) is 1. The molecule has 0 aromatic carbocycles. The molecule has 0 heterocycles. The van der Waals surface area contributed by atoms with Gasteiger partial charge in [-0.05, 0) is 76.9 Å². The molecule has 0 bridgehead atoms. The van der Waals surface area contributed by atoms with E-state index in [1.54, 1.807) is 0 Å². The molecule has 1 fully saturated rings. The molecule has 20 heteroatoms. The first kappa shape index (κ1) is 46.3. The molecule has 19 nitrogen and oxygen atoms in total. The number of nitrogens with one attached hydrogen (secondary N) is 5. The average Bonchev–Trinajstić information content (AvgIpc) is 3.10. The lowest BCUT2D eigenvalue weighted by Gasteiger charge is -2.28. The van der Waals surface area contributed by atoms with E-state index >= 15 is 0 Å². The number of carbonyl (C=O) groups excluding carboxylic acids is 5. The highest BCUT2D eigenvalue weighted by Gasteiger charge is 2.33. The molecule has 5 amide bonds. The first-order chi connectivity index (χ1) is 24.8. The third-order valence-corrected chi connectivity index (χ3v) is 9.15. The molecule has 18 N–H and O–H groups in total. The van der Waals surface area contributed by atoms with Crippen molar-refractivity contribution in [2.75, 3.05) is 31.9 Å². The van der Waals surface area contributed by atoms with Crippen LogP contribution in [-0.4, -0.2) is 115 Å². The summed E-state index contributed by atoms with van der Waals surface area (Å²) in [7, 11) is 0. The van der Waals surface area contributed by atoms with E-state index in [1.165, 1.54) is 0 Å². The van der Waals surface area contributed by atoms with Gasteiger partial charge in [-0.1, -0.05) is 32.1 Å². The minimum Gasteiger partial charge on any atom is -0.480 e. The Balaban J connectivity index is 3.10. The van der Waals surface area contributed by atoms with Crippen molar-refractivity contribution in [2.24, 2.45) is 45.3 Å². The lowest BCUT2D eigenvalue weighted by atomic mass is 9.84. The van der Waals surface area contributed by atoms with Crippen LogP contribution >= 0.6 is 12.6 Å². The number of unbranched alkanes of at least 4 members (excludes halogenated alkanes) is 1. The Morgan fingerprint density at radius 3 is 1.62 bits per heavy atom. The Kier molecular flexibility index (Phi) is 23.2. The van der Waals surface area contributed by atoms with Crippen LogP contribution < -0.4 is 61.0 Å². The zero-order valence-electron chi connectivity index (χ0n) is 30.0. The van der Waals surface area contributed by atoms with Gasteiger partial charge in [-0.2, -0.15) is 12.6 Å². The Hall–Kier alpha value is -3.72. The van der Waals surface area contributed by atoms with Crippen LogP contribution in [0, 0.1) is 5.92 Å². The van der Waals surface area contributed by atoms with Gasteiger partial charge in [-0.15, -0.1) is 0 Å². The van der Waals surface area contributed by atoms with E-state index < -0.39 is 71.8 Å². The number of carboxylic acid groups (broad SMARTS) is 1. The molecule has 0 unspecified atom stereocenters. The molecule has 0 spiro atoms. The van der Waals surface area contributed by atoms with Crippen LogP contribution in [0.25, 0.3) is 0 Å². The van der Waals surface area contributed by atoms with E-state index in [9.17, 15) is 33.9 Å². The molecule has 0 aromatic heterocycles. The SMILES string of the molecule is NCCCC[C@H](NC(=O)[C@@H](N)CCN)C(=O)N[C@@H](CS)C(=O)N[C@@H](CCN)C(=O)N[C@@H](CCCN=C(N)N)C(=O)N[C@@H](CC1CCCCC1)C(=O)O. The van der Waals surface area contributed by atoms with Crippen LogP contribution in [0.4, 0.5) is 0 Å². The Morgan fingerprint density at radius 2 is 1.12 bits per heavy atom. The fraction of sp³-hybridized carbons (Fsp3) is 0.781. The van der Waals surface area contributed by atoms with Gasteiger partial charge in [0.1, 0.15) is 30.2 Å². The molecule has 0 saturated heterocycles. The molecular weight excluding hydrogens is 696 g/mol. The van der Waals surface area contributed by atoms with Gasteiger partial charge in [0, 0.05) is 12.3 Å². The van der Waals surface area contributed by atoms with Crippen LogP contribution in [0.15, 0.2) is 4.99 Å². The third kappa shape index (κ3) is 18.2. The summed E-state index contributed by atoms with van der Waals surface area (Å²) in [6.45, 7) is 0.662. The summed E-state index contributed by atoms with van der Waals surface area (Å²) in [4.78, 5) is 82.3. The molecular formula is C32H62N12O7S. The summed E-state index contributed by atoms with van der Waals surface area (Å²) < 4.78 is 0. The number of thiol groups is 1. The number of nitrogens with two attached hydrogens (primary N) is 6. The van der Waals surface area contributed by atoms with Crippen molar-refractivity contribution in [1.29, 1.82) is 0 Å². The van der Waals surface area contributed by atoms with E-state index in [0.717, 1.165) is 32.1 Å². The summed E-state index contributed by atoms with van der Waals surface area (Å²) in [5.41, 5.74) is 33.5. The molecule has 1 aliphatic rings. The standard InChI is InChI=1S/C32H62N12O7S/c33-13-5-4-9-21(40-26(45)20(36)11-14-34)28(47)44-25(18-52)30(49)42-23(12-15-35)29(48)41-22(10-6-16-39-32(37)38)27(46)43-24(31(50)51)17-19-7-2-1-3-8-19/h19-25,52H,1-18,33-36H2,(H,40,45)(H,41,48)(H,42,49)(H,43,46)(H,44,47)(H,50,51)(H4,37,38,39)/t20-,21-,22-,23-,24-,25-/m0/s1. The van der Waals surface area contributed by atoms with Crippen molar-refractivity contribution < 1.29 is 33.9 Å². The highest BCUT2D eigenvalue weighted by atomic mass is 32.1. The maximum atomic E-state index is 13.6. The fourth-order valence-corrected chi connectivity index (χ4v) is 6.08. The largest absolute Gasteiger partial charge is 0.480 e. The van der Waals surface area contributed by atoms with Gasteiger partial charge in [0.2, 0.25) is 29.5 Å². The fourth-order valence-electron chi connectivity index (χ4n) is 5.82. The maximum Gasteiger partial charge on any atom is 0.326 e. The number of carbonyl (C=O) groups is 6. The zero-order chi connectivity index (χ0) is 39.1. The second-order valence-electron chi connectivity index (χ2n) is 13.1. The van der Waals surface area contributed by atoms with Crippen molar-refractivity contribution >= 4 is 54.1 Å². The minimum absolute atomic E-state index is 0.0294. The molecule has 298 valence electrons. The van der Waals surface area contributed by atoms with E-state index in [0.29, 0.717) is 19.4 Å². The second-order valence-corrected chi connectivity index (χ2v) is 13.4. The quantitative estimate of drug-likeness (QED) is 0.0177. The molecule has 0 aromatic rings. The lowest BCUT2D eigenvalue weighted by molar-refractivity contribution is -0.143. The predicted molar refractivity (Wildman–Crippen MR) is 200 cm³/mol. The number of hydrogen-bond donors (Lipinski definition) is 13. The van der Waals surface area contributed by atoms with Gasteiger partial charge in [-0.25, -0.2) is 4.79 Å². The average molecular weight is 759 g/mol. The lowest BCUT2D eigenvalue weighted by Crippen LogP contribution is -2.60. The van der Waals surface area contributed by atoms with E-state index in [4.69, 9.17) is 34.4 Å². The van der Waals surface area contributed by atoms with E-state index in [2.05, 4.69) is 44.2 Å². The van der Waals surface area contributed by atoms with Crippen LogP contribution in [0.5, 0.6) is 0 Å². The zero-order valence-corrected chi connectivity index (χ0v) is 30.9. The summed E-state index contributed by atoms with van der Waals surface area (Å²) in [5.74, 6) is -4.84. The van der Waals surface area contributed by atoms with Gasteiger partial charge >= 0.3 is 5.97 Å². The summed E-state index contributed by atoms with van der Waals surface area (Å²) in [6, 6.07) is -6.80. The molecule has 1 saturated carbocycles. The second kappa shape index (κ2) is 26.1. The molecule has 6 atom stereocenters. The van der Waals surface area contributed by atoms with Crippen LogP contribution in [0.3, 0.4) is 0 Å². The van der Waals surface area contributed by atoms with Gasteiger partial charge in [0.15, 0.2) is 5.96 Å². The third-order valence-electron chi connectivity index (χ3n) is 8.78. The van der Waals surface area contributed by atoms with Gasteiger partial charge in [-0.3, -0.25) is 29.0 Å². The molecule has 1 rings (SSSR count). The Bertz CT molecular complexity index is 1170. The molecule has 1 aliphatic carbocycles. The number of aliphatic imine (C=N–C) groups is 1. The molecule has 0 aliphatic heterocycles. The number of aliphatic carboxylic acids is 1. The van der Waals surface area contributed by atoms with Crippen LogP contribution in [-0.2, 0) is 28.8 Å². The van der Waals surface area contributed by atoms with Gasteiger partial charge in [0.25, 0.3) is 0 Å². The van der Waals surface area contributed by atoms with Gasteiger partial charge in [0.05, 0.1) is 6.04 Å². The normalized spacial score (nSPS) is 16.6. The van der Waals surface area contributed by atoms with Crippen molar-refractivity contribution in [1.82, 2.24) is 26.6 Å². The first-order valence-corrected chi connectivity index (χ1v) is 18.7.